The van der Waals surface area contributed by atoms with Crippen molar-refractivity contribution in [2.45, 2.75) is 78.4 Å². The lowest BCUT2D eigenvalue weighted by Crippen LogP contribution is -2.56. The molecule has 1 aromatic carbocycles. The Balaban J connectivity index is 1.31. The molecule has 2 atom stereocenters. The zero-order chi connectivity index (χ0) is 22.3. The molecule has 4 aliphatic carbocycles. The lowest BCUT2D eigenvalue weighted by atomic mass is 9.49. The summed E-state index contributed by atoms with van der Waals surface area (Å²) in [5.41, 5.74) is 2.44. The van der Waals surface area contributed by atoms with Gasteiger partial charge >= 0.3 is 5.97 Å². The highest BCUT2D eigenvalue weighted by Gasteiger charge is 2.54. The summed E-state index contributed by atoms with van der Waals surface area (Å²) in [5.74, 6) is 0.999. The Morgan fingerprint density at radius 2 is 1.58 bits per heavy atom. The molecule has 4 fully saturated rings. The molecule has 5 rings (SSSR count). The Bertz CT molecular complexity index is 858. The molecule has 31 heavy (non-hydrogen) atoms. The van der Waals surface area contributed by atoms with E-state index in [0.29, 0.717) is 23.4 Å². The van der Waals surface area contributed by atoms with E-state index in [2.05, 4.69) is 10.6 Å². The van der Waals surface area contributed by atoms with Crippen LogP contribution in [0, 0.1) is 37.0 Å². The van der Waals surface area contributed by atoms with Crippen LogP contribution in [0.3, 0.4) is 0 Å². The maximum absolute atomic E-state index is 13.1. The standard InChI is InChI=1S/C25H34N2O4/c1-14-5-6-21(15(2)7-14)27-22(28)17(4)31-23(29)16(3)26-24(30)25-11-18-8-19(12-25)10-20(9-18)13-25/h5-7,16-20H,8-13H2,1-4H3,(H,26,30)(H,27,28)/t16-,17-,18?,19?,20?,25?/m0/s1. The predicted octanol–water partition coefficient (Wildman–Crippen LogP) is 3.89. The number of carbonyl (C=O) groups is 3. The van der Waals surface area contributed by atoms with Crippen molar-refractivity contribution in [1.82, 2.24) is 5.32 Å². The van der Waals surface area contributed by atoms with Crippen molar-refractivity contribution in [1.29, 1.82) is 0 Å². The number of hydrogen-bond donors (Lipinski definition) is 2. The first kappa shape index (κ1) is 21.8. The number of amides is 2. The number of aryl methyl sites for hydroxylation is 2. The molecule has 4 saturated carbocycles. The van der Waals surface area contributed by atoms with Crippen LogP contribution < -0.4 is 10.6 Å². The van der Waals surface area contributed by atoms with Gasteiger partial charge in [0.2, 0.25) is 5.91 Å². The van der Waals surface area contributed by atoms with Gasteiger partial charge in [0, 0.05) is 11.1 Å². The highest BCUT2D eigenvalue weighted by atomic mass is 16.5. The van der Waals surface area contributed by atoms with Crippen LogP contribution in [0.5, 0.6) is 0 Å². The maximum Gasteiger partial charge on any atom is 0.329 e. The summed E-state index contributed by atoms with van der Waals surface area (Å²) >= 11 is 0. The normalized spacial score (nSPS) is 30.4. The zero-order valence-electron chi connectivity index (χ0n) is 19.0. The van der Waals surface area contributed by atoms with Crippen LogP contribution in [0.2, 0.25) is 0 Å². The Hall–Kier alpha value is -2.37. The Morgan fingerprint density at radius 3 is 2.13 bits per heavy atom. The molecule has 0 aliphatic heterocycles. The molecule has 0 unspecified atom stereocenters. The molecule has 168 valence electrons. The van der Waals surface area contributed by atoms with Crippen molar-refractivity contribution in [3.8, 4) is 0 Å². The summed E-state index contributed by atoms with van der Waals surface area (Å²) in [5, 5.41) is 5.71. The van der Waals surface area contributed by atoms with Gasteiger partial charge in [-0.1, -0.05) is 17.7 Å². The smallest absolute Gasteiger partial charge is 0.329 e. The van der Waals surface area contributed by atoms with Gasteiger partial charge < -0.3 is 15.4 Å². The van der Waals surface area contributed by atoms with E-state index >= 15 is 0 Å². The second kappa shape index (κ2) is 8.29. The van der Waals surface area contributed by atoms with E-state index < -0.39 is 18.1 Å². The topological polar surface area (TPSA) is 84.5 Å². The molecule has 6 heteroatoms. The third-order valence-electron chi connectivity index (χ3n) is 7.52. The van der Waals surface area contributed by atoms with Crippen molar-refractivity contribution in [3.05, 3.63) is 29.3 Å². The summed E-state index contributed by atoms with van der Waals surface area (Å²) in [6, 6.07) is 4.96. The number of rotatable bonds is 6. The average Bonchev–Trinajstić information content (AvgIpc) is 2.68. The minimum Gasteiger partial charge on any atom is -0.451 e. The van der Waals surface area contributed by atoms with Gasteiger partial charge in [0.05, 0.1) is 0 Å². The van der Waals surface area contributed by atoms with Gasteiger partial charge in [0.1, 0.15) is 6.04 Å². The van der Waals surface area contributed by atoms with Crippen LogP contribution >= 0.6 is 0 Å². The Labute approximate surface area is 184 Å². The molecule has 2 N–H and O–H groups in total. The van der Waals surface area contributed by atoms with Crippen molar-refractivity contribution >= 4 is 23.5 Å². The summed E-state index contributed by atoms with van der Waals surface area (Å²) in [6.07, 6.45) is 5.67. The number of carbonyl (C=O) groups excluding carboxylic acids is 3. The molecule has 0 radical (unpaired) electrons. The molecule has 1 aromatic rings. The van der Waals surface area contributed by atoms with E-state index in [1.54, 1.807) is 13.8 Å². The van der Waals surface area contributed by atoms with Crippen molar-refractivity contribution in [2.24, 2.45) is 23.2 Å². The second-order valence-electron chi connectivity index (χ2n) is 10.3. The van der Waals surface area contributed by atoms with Crippen molar-refractivity contribution in [3.63, 3.8) is 0 Å². The predicted molar refractivity (Wildman–Crippen MR) is 118 cm³/mol. The molecule has 2 amide bonds. The highest BCUT2D eigenvalue weighted by Crippen LogP contribution is 2.60. The van der Waals surface area contributed by atoms with E-state index in [0.717, 1.165) is 30.4 Å². The van der Waals surface area contributed by atoms with E-state index in [1.807, 2.05) is 32.0 Å². The van der Waals surface area contributed by atoms with Crippen LogP contribution in [-0.4, -0.2) is 29.9 Å². The van der Waals surface area contributed by atoms with Crippen LogP contribution in [-0.2, 0) is 19.1 Å². The number of anilines is 1. The maximum atomic E-state index is 13.1. The van der Waals surface area contributed by atoms with Gasteiger partial charge in [-0.05, 0) is 95.6 Å². The van der Waals surface area contributed by atoms with Gasteiger partial charge in [0.15, 0.2) is 6.10 Å². The summed E-state index contributed by atoms with van der Waals surface area (Å²) in [4.78, 5) is 38.2. The third kappa shape index (κ3) is 4.48. The molecule has 0 saturated heterocycles. The fourth-order valence-corrected chi connectivity index (χ4v) is 6.32. The van der Waals surface area contributed by atoms with Crippen molar-refractivity contribution < 1.29 is 19.1 Å². The van der Waals surface area contributed by atoms with E-state index in [-0.39, 0.29) is 17.2 Å². The molecular weight excluding hydrogens is 392 g/mol. The molecular formula is C25H34N2O4. The Kier molecular flexibility index (Phi) is 5.84. The minimum atomic E-state index is -0.952. The molecule has 6 nitrogen and oxygen atoms in total. The lowest BCUT2D eigenvalue weighted by molar-refractivity contribution is -0.158. The zero-order valence-corrected chi connectivity index (χ0v) is 19.0. The number of nitrogens with one attached hydrogen (secondary N) is 2. The fraction of sp³-hybridized carbons (Fsp3) is 0.640. The van der Waals surface area contributed by atoms with Gasteiger partial charge in [0.25, 0.3) is 5.91 Å². The van der Waals surface area contributed by atoms with Crippen molar-refractivity contribution in [2.75, 3.05) is 5.32 Å². The quantitative estimate of drug-likeness (QED) is 0.676. The Morgan fingerprint density at radius 1 is 1.00 bits per heavy atom. The number of esters is 1. The van der Waals surface area contributed by atoms with Gasteiger partial charge in [-0.2, -0.15) is 0 Å². The molecule has 4 bridgehead atoms. The number of benzene rings is 1. The largest absolute Gasteiger partial charge is 0.451 e. The van der Waals surface area contributed by atoms with Gasteiger partial charge in [-0.25, -0.2) is 4.79 Å². The molecule has 4 aliphatic rings. The van der Waals surface area contributed by atoms with Crippen LogP contribution in [0.25, 0.3) is 0 Å². The molecule has 0 aromatic heterocycles. The minimum absolute atomic E-state index is 0.0107. The van der Waals surface area contributed by atoms with Gasteiger partial charge in [-0.15, -0.1) is 0 Å². The summed E-state index contributed by atoms with van der Waals surface area (Å²) < 4.78 is 5.36. The third-order valence-corrected chi connectivity index (χ3v) is 7.52. The number of hydrogen-bond acceptors (Lipinski definition) is 4. The first-order valence-corrected chi connectivity index (χ1v) is 11.5. The molecule has 0 heterocycles. The first-order valence-electron chi connectivity index (χ1n) is 11.5. The fourth-order valence-electron chi connectivity index (χ4n) is 6.32. The van der Waals surface area contributed by atoms with E-state index in [9.17, 15) is 14.4 Å². The van der Waals surface area contributed by atoms with Crippen LogP contribution in [0.15, 0.2) is 18.2 Å². The SMILES string of the molecule is Cc1ccc(NC(=O)[C@H](C)OC(=O)[C@H](C)NC(=O)C23CC4CC(CC(C4)C2)C3)c(C)c1. The number of ether oxygens (including phenoxy) is 1. The lowest BCUT2D eigenvalue weighted by Gasteiger charge is -2.55. The summed E-state index contributed by atoms with van der Waals surface area (Å²) in [7, 11) is 0. The molecule has 0 spiro atoms. The highest BCUT2D eigenvalue weighted by molar-refractivity contribution is 5.96. The monoisotopic (exact) mass is 426 g/mol. The van der Waals surface area contributed by atoms with E-state index in [4.69, 9.17) is 4.74 Å². The van der Waals surface area contributed by atoms with Crippen LogP contribution in [0.1, 0.15) is 63.5 Å². The van der Waals surface area contributed by atoms with Gasteiger partial charge in [-0.3, -0.25) is 9.59 Å². The summed E-state index contributed by atoms with van der Waals surface area (Å²) in [6.45, 7) is 7.09. The second-order valence-corrected chi connectivity index (χ2v) is 10.3. The average molecular weight is 427 g/mol. The van der Waals surface area contributed by atoms with Crippen LogP contribution in [0.4, 0.5) is 5.69 Å². The van der Waals surface area contributed by atoms with E-state index in [1.165, 1.54) is 19.3 Å². The first-order chi connectivity index (χ1) is 14.6.